The average molecular weight is 283 g/mol. The molecule has 2 fully saturated rings. The largest absolute Gasteiger partial charge is 0.382 e. The Morgan fingerprint density at radius 1 is 1.45 bits per heavy atom. The number of hydrogen-bond acceptors (Lipinski definition) is 4. The highest BCUT2D eigenvalue weighted by Crippen LogP contribution is 2.24. The molecule has 0 bridgehead atoms. The van der Waals surface area contributed by atoms with Crippen LogP contribution in [0, 0.1) is 0 Å². The Labute approximate surface area is 122 Å². The van der Waals surface area contributed by atoms with Crippen LogP contribution in [0.1, 0.15) is 33.1 Å². The van der Waals surface area contributed by atoms with Crippen molar-refractivity contribution in [2.75, 3.05) is 33.4 Å². The number of hydrazine groups is 1. The van der Waals surface area contributed by atoms with Gasteiger partial charge in [0.15, 0.2) is 0 Å². The van der Waals surface area contributed by atoms with E-state index in [0.29, 0.717) is 18.7 Å². The summed E-state index contributed by atoms with van der Waals surface area (Å²) in [6.07, 6.45) is 3.96. The topological polar surface area (TPSA) is 66.1 Å². The molecule has 2 aliphatic rings. The fourth-order valence-corrected chi connectivity index (χ4v) is 3.33. The highest BCUT2D eigenvalue weighted by atomic mass is 16.5. The van der Waals surface area contributed by atoms with Crippen LogP contribution in [-0.2, 0) is 4.74 Å². The Morgan fingerprint density at radius 2 is 2.25 bits per heavy atom. The van der Waals surface area contributed by atoms with Gasteiger partial charge in [-0.25, -0.2) is 10.8 Å². The van der Waals surface area contributed by atoms with Crippen LogP contribution in [0.25, 0.3) is 0 Å². The molecule has 116 valence electrons. The van der Waals surface area contributed by atoms with Crippen molar-refractivity contribution in [2.45, 2.75) is 51.2 Å². The summed E-state index contributed by atoms with van der Waals surface area (Å²) in [7, 11) is 1.70. The van der Waals surface area contributed by atoms with Crippen molar-refractivity contribution in [3.63, 3.8) is 0 Å². The number of ether oxygens (including phenoxy) is 1. The number of nitrogens with zero attached hydrogens (tertiary/aromatic N) is 3. The maximum absolute atomic E-state index is 5.70. The first-order valence-corrected chi connectivity index (χ1v) is 7.69. The maximum atomic E-state index is 5.70. The number of fused-ring (bicyclic) bond motifs is 1. The minimum Gasteiger partial charge on any atom is -0.382 e. The van der Waals surface area contributed by atoms with E-state index in [0.717, 1.165) is 19.0 Å². The van der Waals surface area contributed by atoms with Gasteiger partial charge in [-0.3, -0.25) is 10.3 Å². The third kappa shape index (κ3) is 3.62. The van der Waals surface area contributed by atoms with Gasteiger partial charge >= 0.3 is 0 Å². The molecule has 20 heavy (non-hydrogen) atoms. The van der Waals surface area contributed by atoms with Gasteiger partial charge in [0.2, 0.25) is 5.96 Å². The van der Waals surface area contributed by atoms with Crippen molar-refractivity contribution in [1.29, 1.82) is 0 Å². The Balaban J connectivity index is 2.04. The monoisotopic (exact) mass is 283 g/mol. The Kier molecular flexibility index (Phi) is 5.63. The molecule has 0 aromatic rings. The number of piperidine rings is 1. The van der Waals surface area contributed by atoms with Crippen molar-refractivity contribution in [3.8, 4) is 0 Å². The van der Waals surface area contributed by atoms with Crippen molar-refractivity contribution >= 4 is 5.96 Å². The predicted molar refractivity (Wildman–Crippen MR) is 81.5 cm³/mol. The molecule has 0 saturated carbocycles. The van der Waals surface area contributed by atoms with Crippen LogP contribution in [0.3, 0.4) is 0 Å². The molecule has 0 aromatic carbocycles. The summed E-state index contributed by atoms with van der Waals surface area (Å²) in [6.45, 7) is 8.27. The first kappa shape index (κ1) is 15.5. The molecule has 3 unspecified atom stereocenters. The van der Waals surface area contributed by atoms with Gasteiger partial charge in [0.05, 0.1) is 12.6 Å². The van der Waals surface area contributed by atoms with E-state index in [-0.39, 0.29) is 6.04 Å². The van der Waals surface area contributed by atoms with Crippen molar-refractivity contribution in [2.24, 2.45) is 10.8 Å². The zero-order valence-corrected chi connectivity index (χ0v) is 13.0. The second-order valence-corrected chi connectivity index (χ2v) is 6.05. The van der Waals surface area contributed by atoms with Gasteiger partial charge in [-0.05, 0) is 33.2 Å². The van der Waals surface area contributed by atoms with Crippen LogP contribution in [0.15, 0.2) is 4.99 Å². The lowest BCUT2D eigenvalue weighted by molar-refractivity contribution is 0.0482. The van der Waals surface area contributed by atoms with Gasteiger partial charge in [-0.1, -0.05) is 6.42 Å². The van der Waals surface area contributed by atoms with E-state index in [9.17, 15) is 0 Å². The van der Waals surface area contributed by atoms with Gasteiger partial charge in [0, 0.05) is 32.3 Å². The molecule has 2 aliphatic heterocycles. The molecule has 3 atom stereocenters. The number of hydrogen-bond donors (Lipinski definition) is 2. The summed E-state index contributed by atoms with van der Waals surface area (Å²) in [5.74, 6) is 6.50. The fourth-order valence-electron chi connectivity index (χ4n) is 3.33. The zero-order chi connectivity index (χ0) is 14.5. The number of nitrogens with two attached hydrogens (primary N) is 1. The van der Waals surface area contributed by atoms with Crippen LogP contribution < -0.4 is 11.3 Å². The average Bonchev–Trinajstić information content (AvgIpc) is 2.44. The molecule has 0 radical (unpaired) electrons. The molecule has 0 aromatic heterocycles. The second kappa shape index (κ2) is 7.24. The van der Waals surface area contributed by atoms with Crippen LogP contribution in [0.2, 0.25) is 0 Å². The van der Waals surface area contributed by atoms with Crippen molar-refractivity contribution in [1.82, 2.24) is 15.2 Å². The summed E-state index contributed by atoms with van der Waals surface area (Å²) in [4.78, 5) is 9.60. The van der Waals surface area contributed by atoms with E-state index in [4.69, 9.17) is 10.6 Å². The van der Waals surface area contributed by atoms with Gasteiger partial charge in [-0.2, -0.15) is 0 Å². The fraction of sp³-hybridized carbons (Fsp3) is 0.929. The molecular formula is C14H29N5O. The minimum atomic E-state index is 0.114. The third-order valence-corrected chi connectivity index (χ3v) is 4.34. The van der Waals surface area contributed by atoms with Crippen LogP contribution in [-0.4, -0.2) is 67.2 Å². The molecule has 2 rings (SSSR count). The summed E-state index contributed by atoms with van der Waals surface area (Å²) >= 11 is 0. The Hall–Kier alpha value is -0.850. The van der Waals surface area contributed by atoms with Gasteiger partial charge in [-0.15, -0.1) is 0 Å². The van der Waals surface area contributed by atoms with E-state index < -0.39 is 0 Å². The zero-order valence-electron chi connectivity index (χ0n) is 13.0. The summed E-state index contributed by atoms with van der Waals surface area (Å²) < 4.78 is 5.15. The highest BCUT2D eigenvalue weighted by molar-refractivity contribution is 5.80. The van der Waals surface area contributed by atoms with Crippen LogP contribution >= 0.6 is 0 Å². The number of guanidine groups is 1. The molecule has 2 heterocycles. The SMILES string of the molecule is COCC(C)N=C(NN)N1CC2CCCCN2CC1C. The number of methoxy groups -OCH3 is 1. The normalized spacial score (nSPS) is 30.0. The van der Waals surface area contributed by atoms with E-state index in [1.807, 2.05) is 6.92 Å². The van der Waals surface area contributed by atoms with Gasteiger partial charge < -0.3 is 9.64 Å². The quantitative estimate of drug-likeness (QED) is 0.340. The minimum absolute atomic E-state index is 0.114. The lowest BCUT2D eigenvalue weighted by Gasteiger charge is -2.48. The smallest absolute Gasteiger partial charge is 0.209 e. The molecule has 6 heteroatoms. The lowest BCUT2D eigenvalue weighted by Crippen LogP contribution is -2.63. The van der Waals surface area contributed by atoms with Crippen molar-refractivity contribution < 1.29 is 4.74 Å². The number of piperazine rings is 1. The Bertz CT molecular complexity index is 336. The molecule has 6 nitrogen and oxygen atoms in total. The number of nitrogens with one attached hydrogen (secondary N) is 1. The summed E-state index contributed by atoms with van der Waals surface area (Å²) in [6, 6.07) is 1.20. The lowest BCUT2D eigenvalue weighted by atomic mass is 9.97. The number of rotatable bonds is 3. The molecule has 0 amide bonds. The molecule has 0 spiro atoms. The second-order valence-electron chi connectivity index (χ2n) is 6.05. The van der Waals surface area contributed by atoms with E-state index >= 15 is 0 Å². The standard InChI is InChI=1S/C14H29N5O/c1-11(10-20-3)16-14(17-15)19-9-13-6-4-5-7-18(13)8-12(19)2/h11-13H,4-10,15H2,1-3H3,(H,16,17). The third-order valence-electron chi connectivity index (χ3n) is 4.34. The highest BCUT2D eigenvalue weighted by Gasteiger charge is 2.34. The summed E-state index contributed by atoms with van der Waals surface area (Å²) in [5, 5.41) is 0. The first-order chi connectivity index (χ1) is 9.65. The van der Waals surface area contributed by atoms with Gasteiger partial charge in [0.25, 0.3) is 0 Å². The summed E-state index contributed by atoms with van der Waals surface area (Å²) in [5.41, 5.74) is 2.79. The van der Waals surface area contributed by atoms with Gasteiger partial charge in [0.1, 0.15) is 0 Å². The van der Waals surface area contributed by atoms with E-state index in [1.54, 1.807) is 7.11 Å². The van der Waals surface area contributed by atoms with Crippen molar-refractivity contribution in [3.05, 3.63) is 0 Å². The van der Waals surface area contributed by atoms with E-state index in [1.165, 1.54) is 25.8 Å². The molecule has 3 N–H and O–H groups in total. The van der Waals surface area contributed by atoms with Crippen LogP contribution in [0.4, 0.5) is 0 Å². The molecule has 0 aliphatic carbocycles. The maximum Gasteiger partial charge on any atom is 0.209 e. The molecule has 2 saturated heterocycles. The first-order valence-electron chi connectivity index (χ1n) is 7.69. The molecular weight excluding hydrogens is 254 g/mol. The Morgan fingerprint density at radius 3 is 2.95 bits per heavy atom. The number of aliphatic imine (C=N–C) groups is 1. The van der Waals surface area contributed by atoms with E-state index in [2.05, 4.69) is 27.1 Å². The van der Waals surface area contributed by atoms with Crippen LogP contribution in [0.5, 0.6) is 0 Å². The predicted octanol–water partition coefficient (Wildman–Crippen LogP) is 0.399.